The molecule has 1 aromatic rings. The summed E-state index contributed by atoms with van der Waals surface area (Å²) in [4.78, 5) is 2.33. The van der Waals surface area contributed by atoms with Crippen molar-refractivity contribution in [3.05, 3.63) is 29.3 Å². The topological polar surface area (TPSA) is 29.3 Å². The minimum Gasteiger partial charge on any atom is -0.371 e. The van der Waals surface area contributed by atoms with Crippen molar-refractivity contribution in [2.45, 2.75) is 26.4 Å². The van der Waals surface area contributed by atoms with Crippen molar-refractivity contribution in [1.29, 1.82) is 0 Å². The van der Waals surface area contributed by atoms with E-state index in [9.17, 15) is 0 Å². The number of hydrogen-bond acceptors (Lipinski definition) is 3. The Kier molecular flexibility index (Phi) is 5.16. The van der Waals surface area contributed by atoms with Gasteiger partial charge in [0.25, 0.3) is 0 Å². The first-order valence-corrected chi connectivity index (χ1v) is 7.01. The number of hydrogen-bond donors (Lipinski definition) is 1. The van der Waals surface area contributed by atoms with E-state index in [1.165, 1.54) is 16.8 Å². The molecule has 1 unspecified atom stereocenters. The van der Waals surface area contributed by atoms with Gasteiger partial charge in [-0.25, -0.2) is 0 Å². The fraction of sp³-hybridized carbons (Fsp3) is 0.538. The van der Waals surface area contributed by atoms with Gasteiger partial charge < -0.3 is 10.6 Å². The van der Waals surface area contributed by atoms with Gasteiger partial charge in [-0.3, -0.25) is 0 Å². The molecule has 2 N–H and O–H groups in total. The van der Waals surface area contributed by atoms with Crippen LogP contribution in [0.4, 0.5) is 5.69 Å². The van der Waals surface area contributed by atoms with Crippen molar-refractivity contribution in [1.82, 2.24) is 0 Å². The summed E-state index contributed by atoms with van der Waals surface area (Å²) in [7, 11) is 2.15. The molecule has 3 heteroatoms. The van der Waals surface area contributed by atoms with Gasteiger partial charge in [-0.05, 0) is 37.3 Å². The lowest BCUT2D eigenvalue weighted by molar-refractivity contribution is 0.759. The molecule has 0 spiro atoms. The van der Waals surface area contributed by atoms with Gasteiger partial charge in [0.05, 0.1) is 0 Å². The molecule has 0 fully saturated rings. The number of nitrogens with zero attached hydrogens (tertiary/aromatic N) is 1. The van der Waals surface area contributed by atoms with Crippen molar-refractivity contribution in [3.8, 4) is 0 Å². The van der Waals surface area contributed by atoms with E-state index in [0.29, 0.717) is 12.6 Å². The van der Waals surface area contributed by atoms with Crippen molar-refractivity contribution in [3.63, 3.8) is 0 Å². The summed E-state index contributed by atoms with van der Waals surface area (Å²) in [6.45, 7) is 4.97. The second-order valence-corrected chi connectivity index (χ2v) is 5.16. The van der Waals surface area contributed by atoms with Gasteiger partial charge in [0, 0.05) is 31.1 Å². The summed E-state index contributed by atoms with van der Waals surface area (Å²) in [6.07, 6.45) is 2.14. The number of anilines is 1. The molecule has 0 aliphatic carbocycles. The van der Waals surface area contributed by atoms with Crippen LogP contribution in [0.3, 0.4) is 0 Å². The molecule has 0 aromatic heterocycles. The van der Waals surface area contributed by atoms with E-state index in [2.05, 4.69) is 50.2 Å². The molecule has 0 amide bonds. The van der Waals surface area contributed by atoms with E-state index >= 15 is 0 Å². The first kappa shape index (κ1) is 13.4. The summed E-state index contributed by atoms with van der Waals surface area (Å²) < 4.78 is 0. The second kappa shape index (κ2) is 6.16. The van der Waals surface area contributed by atoms with Crippen LogP contribution in [-0.2, 0) is 6.54 Å². The van der Waals surface area contributed by atoms with Crippen LogP contribution < -0.4 is 10.6 Å². The van der Waals surface area contributed by atoms with Crippen molar-refractivity contribution in [2.75, 3.05) is 24.0 Å². The Hall–Kier alpha value is -0.670. The molecule has 0 radical (unpaired) electrons. The van der Waals surface area contributed by atoms with Gasteiger partial charge in [0.1, 0.15) is 0 Å². The van der Waals surface area contributed by atoms with Crippen LogP contribution in [-0.4, -0.2) is 25.1 Å². The number of rotatable bonds is 5. The number of benzene rings is 1. The monoisotopic (exact) mass is 238 g/mol. The Balaban J connectivity index is 2.96. The third-order valence-corrected chi connectivity index (χ3v) is 3.73. The zero-order valence-electron chi connectivity index (χ0n) is 10.7. The van der Waals surface area contributed by atoms with Crippen LogP contribution in [0.1, 0.15) is 18.1 Å². The lowest BCUT2D eigenvalue weighted by Gasteiger charge is -2.28. The Morgan fingerprint density at radius 1 is 1.44 bits per heavy atom. The maximum Gasteiger partial charge on any atom is 0.0414 e. The normalized spacial score (nSPS) is 12.6. The molecule has 0 aliphatic heterocycles. The predicted octanol–water partition coefficient (Wildman–Crippen LogP) is 2.64. The van der Waals surface area contributed by atoms with Crippen molar-refractivity contribution in [2.24, 2.45) is 5.73 Å². The SMILES string of the molecule is CSCC(C)N(C)c1cc(C)ccc1CN. The zero-order valence-corrected chi connectivity index (χ0v) is 11.5. The molecule has 0 saturated heterocycles. The largest absolute Gasteiger partial charge is 0.371 e. The number of nitrogens with two attached hydrogens (primary N) is 1. The average molecular weight is 238 g/mol. The summed E-state index contributed by atoms with van der Waals surface area (Å²) in [5, 5.41) is 0. The van der Waals surface area contributed by atoms with E-state index in [-0.39, 0.29) is 0 Å². The molecule has 0 bridgehead atoms. The first-order valence-electron chi connectivity index (χ1n) is 5.61. The Morgan fingerprint density at radius 2 is 2.12 bits per heavy atom. The van der Waals surface area contributed by atoms with E-state index in [1.54, 1.807) is 0 Å². The van der Waals surface area contributed by atoms with Crippen LogP contribution in [0, 0.1) is 6.92 Å². The highest BCUT2D eigenvalue weighted by molar-refractivity contribution is 7.98. The molecule has 2 nitrogen and oxygen atoms in total. The second-order valence-electron chi connectivity index (χ2n) is 4.25. The van der Waals surface area contributed by atoms with E-state index in [4.69, 9.17) is 5.73 Å². The van der Waals surface area contributed by atoms with Crippen molar-refractivity contribution >= 4 is 17.4 Å². The molecular weight excluding hydrogens is 216 g/mol. The van der Waals surface area contributed by atoms with E-state index < -0.39 is 0 Å². The van der Waals surface area contributed by atoms with Gasteiger partial charge in [-0.15, -0.1) is 0 Å². The third kappa shape index (κ3) is 3.16. The van der Waals surface area contributed by atoms with Crippen molar-refractivity contribution < 1.29 is 0 Å². The summed E-state index contributed by atoms with van der Waals surface area (Å²) >= 11 is 1.88. The van der Waals surface area contributed by atoms with Crippen LogP contribution >= 0.6 is 11.8 Å². The lowest BCUT2D eigenvalue weighted by atomic mass is 10.1. The molecule has 1 aromatic carbocycles. The standard InChI is InChI=1S/C13H22N2S/c1-10-5-6-12(8-14)13(7-10)15(3)11(2)9-16-4/h5-7,11H,8-9,14H2,1-4H3. The van der Waals surface area contributed by atoms with Crippen LogP contribution in [0.2, 0.25) is 0 Å². The number of thioether (sulfide) groups is 1. The maximum atomic E-state index is 5.78. The molecule has 1 atom stereocenters. The van der Waals surface area contributed by atoms with Gasteiger partial charge in [0.2, 0.25) is 0 Å². The van der Waals surface area contributed by atoms with Crippen LogP contribution in [0.25, 0.3) is 0 Å². The lowest BCUT2D eigenvalue weighted by Crippen LogP contribution is -2.31. The highest BCUT2D eigenvalue weighted by Crippen LogP contribution is 2.23. The fourth-order valence-electron chi connectivity index (χ4n) is 1.77. The molecular formula is C13H22N2S. The number of aryl methyl sites for hydroxylation is 1. The van der Waals surface area contributed by atoms with Crippen LogP contribution in [0.5, 0.6) is 0 Å². The molecule has 90 valence electrons. The zero-order chi connectivity index (χ0) is 12.1. The molecule has 16 heavy (non-hydrogen) atoms. The minimum atomic E-state index is 0.530. The molecule has 0 heterocycles. The Morgan fingerprint density at radius 3 is 2.69 bits per heavy atom. The van der Waals surface area contributed by atoms with Crippen LogP contribution in [0.15, 0.2) is 18.2 Å². The summed E-state index contributed by atoms with van der Waals surface area (Å²) in [5.41, 5.74) is 9.56. The molecule has 0 saturated carbocycles. The Bertz CT molecular complexity index is 339. The summed E-state index contributed by atoms with van der Waals surface area (Å²) in [6, 6.07) is 7.01. The maximum absolute atomic E-state index is 5.78. The minimum absolute atomic E-state index is 0.530. The molecule has 0 aliphatic rings. The van der Waals surface area contributed by atoms with E-state index in [0.717, 1.165) is 5.75 Å². The average Bonchev–Trinajstić information content (AvgIpc) is 2.28. The van der Waals surface area contributed by atoms with E-state index in [1.807, 2.05) is 11.8 Å². The Labute approximate surface area is 103 Å². The van der Waals surface area contributed by atoms with Gasteiger partial charge in [-0.1, -0.05) is 12.1 Å². The summed E-state index contributed by atoms with van der Waals surface area (Å²) in [5.74, 6) is 1.13. The first-order chi connectivity index (χ1) is 7.60. The highest BCUT2D eigenvalue weighted by atomic mass is 32.2. The molecule has 1 rings (SSSR count). The smallest absolute Gasteiger partial charge is 0.0414 e. The quantitative estimate of drug-likeness (QED) is 0.855. The highest BCUT2D eigenvalue weighted by Gasteiger charge is 2.12. The third-order valence-electron chi connectivity index (χ3n) is 2.91. The predicted molar refractivity (Wildman–Crippen MR) is 75.3 cm³/mol. The van der Waals surface area contributed by atoms with Gasteiger partial charge in [0.15, 0.2) is 0 Å². The fourth-order valence-corrected chi connectivity index (χ4v) is 2.47. The van der Waals surface area contributed by atoms with Gasteiger partial charge in [-0.2, -0.15) is 11.8 Å². The van der Waals surface area contributed by atoms with Gasteiger partial charge >= 0.3 is 0 Å².